The molecule has 5 nitrogen and oxygen atoms in total. The van der Waals surface area contributed by atoms with E-state index in [1.807, 2.05) is 74.5 Å². The maximum atomic E-state index is 12.9. The predicted molar refractivity (Wildman–Crippen MR) is 105 cm³/mol. The minimum absolute atomic E-state index is 0.102. The van der Waals surface area contributed by atoms with Gasteiger partial charge in [-0.2, -0.15) is 4.31 Å². The van der Waals surface area contributed by atoms with Crippen LogP contribution in [0.1, 0.15) is 25.8 Å². The smallest absolute Gasteiger partial charge is 0.228 e. The van der Waals surface area contributed by atoms with Crippen molar-refractivity contribution in [2.24, 2.45) is 0 Å². The van der Waals surface area contributed by atoms with E-state index in [4.69, 9.17) is 0 Å². The highest BCUT2D eigenvalue weighted by molar-refractivity contribution is 7.88. The Balaban J connectivity index is 2.18. The number of anilines is 1. The van der Waals surface area contributed by atoms with Crippen LogP contribution in [0.2, 0.25) is 0 Å². The van der Waals surface area contributed by atoms with Crippen molar-refractivity contribution >= 4 is 21.6 Å². The van der Waals surface area contributed by atoms with Crippen LogP contribution in [0.15, 0.2) is 60.7 Å². The number of amides is 1. The molecular weight excluding hydrogens is 348 g/mol. The van der Waals surface area contributed by atoms with Gasteiger partial charge in [0.2, 0.25) is 15.9 Å². The zero-order valence-corrected chi connectivity index (χ0v) is 16.3. The lowest BCUT2D eigenvalue weighted by atomic mass is 10.2. The summed E-state index contributed by atoms with van der Waals surface area (Å²) in [6.45, 7) is 4.24. The van der Waals surface area contributed by atoms with Gasteiger partial charge in [0.15, 0.2) is 0 Å². The molecule has 0 bridgehead atoms. The Labute approximate surface area is 156 Å². The fourth-order valence-electron chi connectivity index (χ4n) is 2.85. The number of sulfonamides is 1. The Bertz CT molecular complexity index is 805. The van der Waals surface area contributed by atoms with E-state index >= 15 is 0 Å². The van der Waals surface area contributed by atoms with Crippen molar-refractivity contribution in [2.75, 3.05) is 17.7 Å². The van der Waals surface area contributed by atoms with Gasteiger partial charge in [-0.15, -0.1) is 0 Å². The number of carbonyl (C=O) groups excluding carboxylic acids is 1. The molecule has 0 atom stereocenters. The van der Waals surface area contributed by atoms with Gasteiger partial charge in [0.05, 0.1) is 12.8 Å². The lowest BCUT2D eigenvalue weighted by Crippen LogP contribution is -2.40. The summed E-state index contributed by atoms with van der Waals surface area (Å²) in [5.74, 6) is -0.102. The van der Waals surface area contributed by atoms with Crippen LogP contribution in [-0.2, 0) is 21.4 Å². The van der Waals surface area contributed by atoms with Crippen molar-refractivity contribution in [3.63, 3.8) is 0 Å². The van der Waals surface area contributed by atoms with E-state index in [0.29, 0.717) is 6.54 Å². The number of hydrogen-bond donors (Lipinski definition) is 0. The molecule has 140 valence electrons. The molecule has 1 amide bonds. The maximum Gasteiger partial charge on any atom is 0.228 e. The van der Waals surface area contributed by atoms with Crippen LogP contribution in [0.4, 0.5) is 5.69 Å². The number of para-hydroxylation sites is 1. The summed E-state index contributed by atoms with van der Waals surface area (Å²) in [5, 5.41) is 0. The Hall–Kier alpha value is -2.18. The van der Waals surface area contributed by atoms with Crippen molar-refractivity contribution in [1.82, 2.24) is 4.31 Å². The zero-order valence-electron chi connectivity index (χ0n) is 15.5. The summed E-state index contributed by atoms with van der Waals surface area (Å²) in [7, 11) is -3.35. The van der Waals surface area contributed by atoms with Crippen LogP contribution >= 0.6 is 0 Å². The SMILES string of the molecule is CC(C)N(CCC(=O)N(Cc1ccccc1)c1ccccc1)S(C)(=O)=O. The van der Waals surface area contributed by atoms with Crippen molar-refractivity contribution in [3.8, 4) is 0 Å². The van der Waals surface area contributed by atoms with Gasteiger partial charge in [-0.05, 0) is 31.5 Å². The molecule has 0 spiro atoms. The van der Waals surface area contributed by atoms with Crippen LogP contribution < -0.4 is 4.90 Å². The summed E-state index contributed by atoms with van der Waals surface area (Å²) >= 11 is 0. The lowest BCUT2D eigenvalue weighted by Gasteiger charge is -2.27. The quantitative estimate of drug-likeness (QED) is 0.712. The monoisotopic (exact) mass is 374 g/mol. The molecule has 0 fully saturated rings. The van der Waals surface area contributed by atoms with Gasteiger partial charge in [0.1, 0.15) is 0 Å². The van der Waals surface area contributed by atoms with Gasteiger partial charge >= 0.3 is 0 Å². The molecule has 0 aliphatic rings. The number of nitrogens with zero attached hydrogens (tertiary/aromatic N) is 2. The Kier molecular flexibility index (Phi) is 6.94. The normalized spacial score (nSPS) is 11.7. The minimum atomic E-state index is -3.35. The first-order valence-corrected chi connectivity index (χ1v) is 10.5. The van der Waals surface area contributed by atoms with E-state index in [2.05, 4.69) is 0 Å². The molecule has 6 heteroatoms. The highest BCUT2D eigenvalue weighted by atomic mass is 32.2. The van der Waals surface area contributed by atoms with Crippen LogP contribution in [-0.4, -0.2) is 37.5 Å². The summed E-state index contributed by atoms with van der Waals surface area (Å²) in [4.78, 5) is 14.6. The third-order valence-electron chi connectivity index (χ3n) is 4.10. The summed E-state index contributed by atoms with van der Waals surface area (Å²) in [6, 6.07) is 19.0. The minimum Gasteiger partial charge on any atom is -0.308 e. The summed E-state index contributed by atoms with van der Waals surface area (Å²) in [5.41, 5.74) is 1.82. The Morgan fingerprint density at radius 3 is 2.00 bits per heavy atom. The second-order valence-corrected chi connectivity index (χ2v) is 8.45. The number of benzene rings is 2. The van der Waals surface area contributed by atoms with E-state index in [0.717, 1.165) is 11.3 Å². The molecule has 0 unspecified atom stereocenters. The zero-order chi connectivity index (χ0) is 19.2. The molecule has 2 aromatic carbocycles. The first-order valence-electron chi connectivity index (χ1n) is 8.65. The summed E-state index contributed by atoms with van der Waals surface area (Å²) in [6.07, 6.45) is 1.31. The Morgan fingerprint density at radius 1 is 0.962 bits per heavy atom. The van der Waals surface area contributed by atoms with Crippen LogP contribution in [0, 0.1) is 0 Å². The van der Waals surface area contributed by atoms with Crippen molar-refractivity contribution in [1.29, 1.82) is 0 Å². The van der Waals surface area contributed by atoms with Gasteiger partial charge in [-0.3, -0.25) is 4.79 Å². The molecule has 0 aliphatic heterocycles. The highest BCUT2D eigenvalue weighted by Crippen LogP contribution is 2.19. The van der Waals surface area contributed by atoms with Crippen LogP contribution in [0.25, 0.3) is 0 Å². The third kappa shape index (κ3) is 5.68. The lowest BCUT2D eigenvalue weighted by molar-refractivity contribution is -0.118. The van der Waals surface area contributed by atoms with Crippen molar-refractivity contribution in [3.05, 3.63) is 66.2 Å². The average molecular weight is 375 g/mol. The standard InChI is InChI=1S/C20H26N2O3S/c1-17(2)22(26(3,24)25)15-14-20(23)21(19-12-8-5-9-13-19)16-18-10-6-4-7-11-18/h4-13,17H,14-16H2,1-3H3. The van der Waals surface area contributed by atoms with Crippen LogP contribution in [0.5, 0.6) is 0 Å². The molecular formula is C20H26N2O3S. The fraction of sp³-hybridized carbons (Fsp3) is 0.350. The van der Waals surface area contributed by atoms with E-state index in [1.165, 1.54) is 10.6 Å². The number of rotatable bonds is 8. The van der Waals surface area contributed by atoms with Crippen molar-refractivity contribution < 1.29 is 13.2 Å². The molecule has 0 N–H and O–H groups in total. The maximum absolute atomic E-state index is 12.9. The molecule has 0 saturated carbocycles. The van der Waals surface area contributed by atoms with E-state index in [-0.39, 0.29) is 24.9 Å². The third-order valence-corrected chi connectivity index (χ3v) is 5.56. The molecule has 0 aliphatic carbocycles. The molecule has 2 aromatic rings. The number of hydrogen-bond acceptors (Lipinski definition) is 3. The van der Waals surface area contributed by atoms with Gasteiger partial charge in [0.25, 0.3) is 0 Å². The molecule has 0 radical (unpaired) electrons. The van der Waals surface area contributed by atoms with Gasteiger partial charge in [-0.1, -0.05) is 48.5 Å². The largest absolute Gasteiger partial charge is 0.308 e. The van der Waals surface area contributed by atoms with Gasteiger partial charge in [-0.25, -0.2) is 8.42 Å². The first kappa shape index (κ1) is 20.1. The molecule has 0 aromatic heterocycles. The topological polar surface area (TPSA) is 57.7 Å². The van der Waals surface area contributed by atoms with Gasteiger partial charge in [0, 0.05) is 24.7 Å². The predicted octanol–water partition coefficient (Wildman–Crippen LogP) is 3.28. The molecule has 0 heterocycles. The average Bonchev–Trinajstić information content (AvgIpc) is 2.60. The molecule has 26 heavy (non-hydrogen) atoms. The fourth-order valence-corrected chi connectivity index (χ4v) is 4.03. The Morgan fingerprint density at radius 2 is 1.50 bits per heavy atom. The van der Waals surface area contributed by atoms with E-state index < -0.39 is 10.0 Å². The van der Waals surface area contributed by atoms with Gasteiger partial charge < -0.3 is 4.90 Å². The number of carbonyl (C=O) groups is 1. The van der Waals surface area contributed by atoms with E-state index in [1.54, 1.807) is 4.90 Å². The van der Waals surface area contributed by atoms with Crippen molar-refractivity contribution in [2.45, 2.75) is 32.9 Å². The second-order valence-electron chi connectivity index (χ2n) is 6.52. The summed E-state index contributed by atoms with van der Waals surface area (Å²) < 4.78 is 25.2. The van der Waals surface area contributed by atoms with Crippen LogP contribution in [0.3, 0.4) is 0 Å². The van der Waals surface area contributed by atoms with E-state index in [9.17, 15) is 13.2 Å². The highest BCUT2D eigenvalue weighted by Gasteiger charge is 2.23. The molecule has 2 rings (SSSR count). The molecule has 0 saturated heterocycles. The second kappa shape index (κ2) is 8.96. The first-order chi connectivity index (χ1) is 12.3.